The van der Waals surface area contributed by atoms with Crippen molar-refractivity contribution in [2.75, 3.05) is 7.05 Å². The molecule has 19 heavy (non-hydrogen) atoms. The third-order valence-electron chi connectivity index (χ3n) is 4.50. The number of hydrogen-bond donors (Lipinski definition) is 1. The predicted molar refractivity (Wildman–Crippen MR) is 71.2 cm³/mol. The molecule has 3 rings (SSSR count). The molecular formula is C15H19FN2O. The Kier molecular flexibility index (Phi) is 3.27. The first-order chi connectivity index (χ1) is 9.16. The minimum atomic E-state index is -0.811. The first-order valence-electron chi connectivity index (χ1n) is 6.84. The van der Waals surface area contributed by atoms with Crippen molar-refractivity contribution in [3.63, 3.8) is 0 Å². The molecule has 4 heteroatoms. The molecule has 1 saturated heterocycles. The van der Waals surface area contributed by atoms with Crippen LogP contribution in [0.2, 0.25) is 0 Å². The normalized spacial score (nSPS) is 33.6. The maximum atomic E-state index is 13.8. The summed E-state index contributed by atoms with van der Waals surface area (Å²) in [7, 11) is 1.93. The maximum Gasteiger partial charge on any atom is 0.238 e. The largest absolute Gasteiger partial charge is 0.351 e. The Morgan fingerprint density at radius 2 is 2.11 bits per heavy atom. The van der Waals surface area contributed by atoms with E-state index in [1.807, 2.05) is 42.3 Å². The fourth-order valence-electron chi connectivity index (χ4n) is 3.45. The summed E-state index contributed by atoms with van der Waals surface area (Å²) in [6, 6.07) is 9.74. The SMILES string of the molecule is CN1C2CC([C@H](F)C2)[C@@H]1C(=O)NCc1ccccc1. The van der Waals surface area contributed by atoms with Crippen LogP contribution in [0, 0.1) is 5.92 Å². The van der Waals surface area contributed by atoms with Gasteiger partial charge in [0.05, 0.1) is 6.04 Å². The quantitative estimate of drug-likeness (QED) is 0.900. The topological polar surface area (TPSA) is 32.3 Å². The number of hydrogen-bond acceptors (Lipinski definition) is 2. The van der Waals surface area contributed by atoms with E-state index in [0.29, 0.717) is 13.0 Å². The van der Waals surface area contributed by atoms with Crippen LogP contribution >= 0.6 is 0 Å². The van der Waals surface area contributed by atoms with Gasteiger partial charge in [0, 0.05) is 18.5 Å². The van der Waals surface area contributed by atoms with Crippen LogP contribution in [0.25, 0.3) is 0 Å². The van der Waals surface area contributed by atoms with E-state index < -0.39 is 6.17 Å². The van der Waals surface area contributed by atoms with Gasteiger partial charge in [-0.2, -0.15) is 0 Å². The number of likely N-dealkylation sites (N-methyl/N-ethyl adjacent to an activating group) is 1. The Labute approximate surface area is 112 Å². The molecule has 2 fully saturated rings. The second kappa shape index (κ2) is 4.93. The summed E-state index contributed by atoms with van der Waals surface area (Å²) in [5, 5.41) is 2.93. The summed E-state index contributed by atoms with van der Waals surface area (Å²) >= 11 is 0. The number of nitrogens with one attached hydrogen (secondary N) is 1. The Bertz CT molecular complexity index is 464. The van der Waals surface area contributed by atoms with E-state index in [9.17, 15) is 9.18 Å². The number of carbonyl (C=O) groups is 1. The zero-order chi connectivity index (χ0) is 13.4. The van der Waals surface area contributed by atoms with Crippen molar-refractivity contribution in [1.29, 1.82) is 0 Å². The average Bonchev–Trinajstić information content (AvgIpc) is 2.94. The lowest BCUT2D eigenvalue weighted by molar-refractivity contribution is -0.128. The van der Waals surface area contributed by atoms with Crippen molar-refractivity contribution >= 4 is 5.91 Å². The number of carbonyl (C=O) groups excluding carboxylic acids is 1. The fraction of sp³-hybridized carbons (Fsp3) is 0.533. The molecule has 102 valence electrons. The highest BCUT2D eigenvalue weighted by Gasteiger charge is 2.52. The lowest BCUT2D eigenvalue weighted by atomic mass is 9.96. The number of amides is 1. The fourth-order valence-corrected chi connectivity index (χ4v) is 3.45. The van der Waals surface area contributed by atoms with Crippen molar-refractivity contribution in [2.45, 2.75) is 37.6 Å². The van der Waals surface area contributed by atoms with E-state index >= 15 is 0 Å². The molecule has 1 aliphatic carbocycles. The number of benzene rings is 1. The van der Waals surface area contributed by atoms with Gasteiger partial charge in [0.25, 0.3) is 0 Å². The molecule has 1 aromatic rings. The van der Waals surface area contributed by atoms with Crippen molar-refractivity contribution in [1.82, 2.24) is 10.2 Å². The number of halogens is 1. The van der Waals surface area contributed by atoms with E-state index in [2.05, 4.69) is 5.32 Å². The maximum absolute atomic E-state index is 13.8. The first kappa shape index (κ1) is 12.6. The van der Waals surface area contributed by atoms with E-state index in [0.717, 1.165) is 12.0 Å². The minimum absolute atomic E-state index is 0.0406. The zero-order valence-electron chi connectivity index (χ0n) is 11.1. The van der Waals surface area contributed by atoms with Gasteiger partial charge >= 0.3 is 0 Å². The second-order valence-corrected chi connectivity index (χ2v) is 5.62. The van der Waals surface area contributed by atoms with Gasteiger partial charge in [-0.3, -0.25) is 9.69 Å². The Morgan fingerprint density at radius 3 is 2.79 bits per heavy atom. The van der Waals surface area contributed by atoms with Gasteiger partial charge in [0.15, 0.2) is 0 Å². The summed E-state index contributed by atoms with van der Waals surface area (Å²) in [6.07, 6.45) is 0.596. The monoisotopic (exact) mass is 262 g/mol. The van der Waals surface area contributed by atoms with E-state index in [1.54, 1.807) is 0 Å². The highest BCUT2D eigenvalue weighted by atomic mass is 19.1. The molecule has 1 saturated carbocycles. The van der Waals surface area contributed by atoms with Gasteiger partial charge in [0.1, 0.15) is 6.17 Å². The van der Waals surface area contributed by atoms with Crippen LogP contribution in [-0.2, 0) is 11.3 Å². The van der Waals surface area contributed by atoms with Gasteiger partial charge in [-0.1, -0.05) is 30.3 Å². The van der Waals surface area contributed by atoms with E-state index in [1.165, 1.54) is 0 Å². The molecule has 1 amide bonds. The summed E-state index contributed by atoms with van der Waals surface area (Å²) < 4.78 is 13.8. The molecule has 2 unspecified atom stereocenters. The Hall–Kier alpha value is -1.42. The van der Waals surface area contributed by atoms with E-state index in [-0.39, 0.29) is 23.9 Å². The second-order valence-electron chi connectivity index (χ2n) is 5.62. The molecule has 2 aliphatic rings. The summed E-state index contributed by atoms with van der Waals surface area (Å²) in [5.74, 6) is -0.160. The van der Waals surface area contributed by atoms with Crippen LogP contribution in [0.3, 0.4) is 0 Å². The number of rotatable bonds is 3. The van der Waals surface area contributed by atoms with Crippen molar-refractivity contribution in [3.05, 3.63) is 35.9 Å². The highest BCUT2D eigenvalue weighted by Crippen LogP contribution is 2.43. The summed E-state index contributed by atoms with van der Waals surface area (Å²) in [4.78, 5) is 14.3. The number of nitrogens with zero attached hydrogens (tertiary/aromatic N) is 1. The van der Waals surface area contributed by atoms with Crippen LogP contribution in [0.1, 0.15) is 18.4 Å². The summed E-state index contributed by atoms with van der Waals surface area (Å²) in [5.41, 5.74) is 1.07. The van der Waals surface area contributed by atoms with E-state index in [4.69, 9.17) is 0 Å². The molecule has 0 aromatic heterocycles. The molecule has 0 radical (unpaired) electrons. The molecule has 2 bridgehead atoms. The third-order valence-corrected chi connectivity index (χ3v) is 4.50. The van der Waals surface area contributed by atoms with Crippen molar-refractivity contribution in [2.24, 2.45) is 5.92 Å². The number of piperidine rings is 1. The Morgan fingerprint density at radius 1 is 1.37 bits per heavy atom. The lowest BCUT2D eigenvalue weighted by Crippen LogP contribution is -2.51. The zero-order valence-corrected chi connectivity index (χ0v) is 11.1. The van der Waals surface area contributed by atoms with Gasteiger partial charge < -0.3 is 5.32 Å². The third kappa shape index (κ3) is 2.25. The van der Waals surface area contributed by atoms with Crippen molar-refractivity contribution in [3.8, 4) is 0 Å². The highest BCUT2D eigenvalue weighted by molar-refractivity contribution is 5.82. The van der Waals surface area contributed by atoms with Gasteiger partial charge in [-0.25, -0.2) is 4.39 Å². The van der Waals surface area contributed by atoms with Gasteiger partial charge in [-0.05, 0) is 25.5 Å². The lowest BCUT2D eigenvalue weighted by Gasteiger charge is -2.32. The molecule has 4 atom stereocenters. The number of fused-ring (bicyclic) bond motifs is 2. The number of alkyl halides is 1. The average molecular weight is 262 g/mol. The van der Waals surface area contributed by atoms with Crippen LogP contribution in [0.15, 0.2) is 30.3 Å². The minimum Gasteiger partial charge on any atom is -0.351 e. The molecular weight excluding hydrogens is 243 g/mol. The van der Waals surface area contributed by atoms with Crippen LogP contribution in [0.4, 0.5) is 4.39 Å². The molecule has 1 aliphatic heterocycles. The molecule has 3 nitrogen and oxygen atoms in total. The molecule has 1 N–H and O–H groups in total. The predicted octanol–water partition coefficient (Wildman–Crippen LogP) is 1.73. The summed E-state index contributed by atoms with van der Waals surface area (Å²) in [6.45, 7) is 0.512. The molecule has 1 heterocycles. The van der Waals surface area contributed by atoms with Crippen LogP contribution < -0.4 is 5.32 Å². The van der Waals surface area contributed by atoms with Gasteiger partial charge in [0.2, 0.25) is 5.91 Å². The Balaban J connectivity index is 1.62. The van der Waals surface area contributed by atoms with Crippen LogP contribution in [0.5, 0.6) is 0 Å². The molecule has 0 spiro atoms. The molecule has 1 aromatic carbocycles. The standard InChI is InChI=1S/C15H19FN2O/c1-18-11-7-12(13(16)8-11)14(18)15(19)17-9-10-5-3-2-4-6-10/h2-6,11-14H,7-9H2,1H3,(H,17,19)/t11?,12?,13-,14-/m1/s1. The van der Waals surface area contributed by atoms with Crippen LogP contribution in [-0.4, -0.2) is 36.1 Å². The smallest absolute Gasteiger partial charge is 0.238 e. The van der Waals surface area contributed by atoms with Crippen molar-refractivity contribution < 1.29 is 9.18 Å². The number of likely N-dealkylation sites (tertiary alicyclic amines) is 1. The first-order valence-corrected chi connectivity index (χ1v) is 6.84. The van der Waals surface area contributed by atoms with Gasteiger partial charge in [-0.15, -0.1) is 0 Å².